The van der Waals surface area contributed by atoms with E-state index in [1.54, 1.807) is 12.1 Å². The van der Waals surface area contributed by atoms with Crippen molar-refractivity contribution in [3.8, 4) is 0 Å². The predicted octanol–water partition coefficient (Wildman–Crippen LogP) is 3.88. The number of carboxylic acid groups (broad SMARTS) is 1. The Labute approximate surface area is 116 Å². The summed E-state index contributed by atoms with van der Waals surface area (Å²) in [6.45, 7) is 7.32. The zero-order chi connectivity index (χ0) is 14.4. The highest BCUT2D eigenvalue weighted by molar-refractivity contribution is 5.88. The Balaban J connectivity index is 2.80. The second-order valence-electron chi connectivity index (χ2n) is 5.30. The molecule has 1 atom stereocenters. The molecule has 1 rings (SSSR count). The first-order valence-electron chi connectivity index (χ1n) is 7.00. The third kappa shape index (κ3) is 4.67. The standard InChI is InChI=1S/C16H25NO2/c1-5-6-7-8-17(4)13(3)14-9-12(2)10-15(11-14)16(18)19/h9-11,13H,5-8H2,1-4H3,(H,18,19). The number of hydrogen-bond donors (Lipinski definition) is 1. The van der Waals surface area contributed by atoms with Crippen molar-refractivity contribution in [3.05, 3.63) is 34.9 Å². The van der Waals surface area contributed by atoms with Crippen molar-refractivity contribution in [2.24, 2.45) is 0 Å². The number of unbranched alkanes of at least 4 members (excludes halogenated alkanes) is 2. The first-order valence-corrected chi connectivity index (χ1v) is 7.00. The second-order valence-corrected chi connectivity index (χ2v) is 5.30. The molecule has 1 aromatic carbocycles. The van der Waals surface area contributed by atoms with Crippen LogP contribution >= 0.6 is 0 Å². The lowest BCUT2D eigenvalue weighted by atomic mass is 10.0. The number of rotatable bonds is 7. The maximum Gasteiger partial charge on any atom is 0.335 e. The highest BCUT2D eigenvalue weighted by atomic mass is 16.4. The molecule has 0 saturated heterocycles. The summed E-state index contributed by atoms with van der Waals surface area (Å²) in [5.41, 5.74) is 2.46. The van der Waals surface area contributed by atoms with E-state index in [9.17, 15) is 4.79 Å². The molecule has 3 nitrogen and oxygen atoms in total. The van der Waals surface area contributed by atoms with Gasteiger partial charge in [-0.15, -0.1) is 0 Å². The van der Waals surface area contributed by atoms with Crippen LogP contribution in [-0.2, 0) is 0 Å². The highest BCUT2D eigenvalue weighted by Gasteiger charge is 2.14. The van der Waals surface area contributed by atoms with Gasteiger partial charge in [0.05, 0.1) is 5.56 Å². The van der Waals surface area contributed by atoms with Gasteiger partial charge in [0, 0.05) is 6.04 Å². The van der Waals surface area contributed by atoms with Crippen LogP contribution < -0.4 is 0 Å². The normalized spacial score (nSPS) is 12.7. The van der Waals surface area contributed by atoms with Gasteiger partial charge >= 0.3 is 5.97 Å². The molecule has 0 bridgehead atoms. The summed E-state index contributed by atoms with van der Waals surface area (Å²) in [6, 6.07) is 5.83. The summed E-state index contributed by atoms with van der Waals surface area (Å²) in [5, 5.41) is 9.11. The number of carboxylic acids is 1. The van der Waals surface area contributed by atoms with Crippen LogP contribution in [0.15, 0.2) is 18.2 Å². The number of benzene rings is 1. The molecule has 0 aromatic heterocycles. The molecule has 1 unspecified atom stereocenters. The van der Waals surface area contributed by atoms with Crippen molar-refractivity contribution in [2.75, 3.05) is 13.6 Å². The molecule has 1 aromatic rings. The number of carbonyl (C=O) groups is 1. The first kappa shape index (κ1) is 15.7. The number of aromatic carboxylic acids is 1. The van der Waals surface area contributed by atoms with Crippen molar-refractivity contribution in [1.29, 1.82) is 0 Å². The molecule has 0 spiro atoms. The molecule has 0 aliphatic rings. The minimum absolute atomic E-state index is 0.245. The Kier molecular flexibility index (Phi) is 6.03. The Morgan fingerprint density at radius 1 is 1.32 bits per heavy atom. The summed E-state index contributed by atoms with van der Waals surface area (Å²) >= 11 is 0. The van der Waals surface area contributed by atoms with E-state index < -0.39 is 5.97 Å². The van der Waals surface area contributed by atoms with Crippen LogP contribution in [0.2, 0.25) is 0 Å². The van der Waals surface area contributed by atoms with E-state index in [0.29, 0.717) is 5.56 Å². The molecule has 0 heterocycles. The fourth-order valence-electron chi connectivity index (χ4n) is 2.24. The molecule has 0 aliphatic heterocycles. The molecule has 0 fully saturated rings. The van der Waals surface area contributed by atoms with E-state index in [1.165, 1.54) is 19.3 Å². The molecular formula is C16H25NO2. The average molecular weight is 263 g/mol. The molecular weight excluding hydrogens is 238 g/mol. The third-order valence-electron chi connectivity index (χ3n) is 3.60. The molecule has 0 amide bonds. The SMILES string of the molecule is CCCCCN(C)C(C)c1cc(C)cc(C(=O)O)c1. The van der Waals surface area contributed by atoms with E-state index in [1.807, 2.05) is 6.92 Å². The van der Waals surface area contributed by atoms with E-state index in [-0.39, 0.29) is 6.04 Å². The highest BCUT2D eigenvalue weighted by Crippen LogP contribution is 2.22. The van der Waals surface area contributed by atoms with Gasteiger partial charge in [-0.05, 0) is 57.1 Å². The van der Waals surface area contributed by atoms with Gasteiger partial charge in [-0.3, -0.25) is 4.90 Å². The topological polar surface area (TPSA) is 40.5 Å². The maximum absolute atomic E-state index is 11.1. The summed E-state index contributed by atoms with van der Waals surface area (Å²) in [7, 11) is 2.10. The van der Waals surface area contributed by atoms with E-state index in [2.05, 4.69) is 31.9 Å². The minimum Gasteiger partial charge on any atom is -0.478 e. The average Bonchev–Trinajstić information content (AvgIpc) is 2.37. The fraction of sp³-hybridized carbons (Fsp3) is 0.562. The second kappa shape index (κ2) is 7.29. The number of hydrogen-bond acceptors (Lipinski definition) is 2. The monoisotopic (exact) mass is 263 g/mol. The van der Waals surface area contributed by atoms with Crippen LogP contribution in [-0.4, -0.2) is 29.6 Å². The minimum atomic E-state index is -0.856. The molecule has 106 valence electrons. The van der Waals surface area contributed by atoms with Gasteiger partial charge in [-0.2, -0.15) is 0 Å². The summed E-state index contributed by atoms with van der Waals surface area (Å²) in [4.78, 5) is 13.4. The largest absolute Gasteiger partial charge is 0.478 e. The van der Waals surface area contributed by atoms with Crippen LogP contribution in [0.25, 0.3) is 0 Å². The lowest BCUT2D eigenvalue weighted by Crippen LogP contribution is -2.23. The van der Waals surface area contributed by atoms with Crippen molar-refractivity contribution >= 4 is 5.97 Å². The smallest absolute Gasteiger partial charge is 0.335 e. The van der Waals surface area contributed by atoms with Gasteiger partial charge in [0.1, 0.15) is 0 Å². The molecule has 0 saturated carbocycles. The number of nitrogens with zero attached hydrogens (tertiary/aromatic N) is 1. The van der Waals surface area contributed by atoms with Crippen LogP contribution in [0.1, 0.15) is 60.6 Å². The van der Waals surface area contributed by atoms with Crippen molar-refractivity contribution in [2.45, 2.75) is 46.1 Å². The van der Waals surface area contributed by atoms with Gasteiger partial charge in [0.2, 0.25) is 0 Å². The van der Waals surface area contributed by atoms with Gasteiger partial charge in [-0.25, -0.2) is 4.79 Å². The predicted molar refractivity (Wildman–Crippen MR) is 78.7 cm³/mol. The molecule has 1 N–H and O–H groups in total. The zero-order valence-corrected chi connectivity index (χ0v) is 12.4. The quantitative estimate of drug-likeness (QED) is 0.759. The van der Waals surface area contributed by atoms with Crippen molar-refractivity contribution in [3.63, 3.8) is 0 Å². The maximum atomic E-state index is 11.1. The van der Waals surface area contributed by atoms with Crippen molar-refractivity contribution < 1.29 is 9.90 Å². The summed E-state index contributed by atoms with van der Waals surface area (Å²) in [6.07, 6.45) is 3.65. The van der Waals surface area contributed by atoms with E-state index >= 15 is 0 Å². The lowest BCUT2D eigenvalue weighted by Gasteiger charge is -2.25. The molecule has 0 aliphatic carbocycles. The Bertz CT molecular complexity index is 429. The Morgan fingerprint density at radius 2 is 2.00 bits per heavy atom. The lowest BCUT2D eigenvalue weighted by molar-refractivity contribution is 0.0696. The van der Waals surface area contributed by atoms with Crippen LogP contribution in [0, 0.1) is 6.92 Å². The van der Waals surface area contributed by atoms with Crippen LogP contribution in [0.5, 0.6) is 0 Å². The van der Waals surface area contributed by atoms with Gasteiger partial charge in [-0.1, -0.05) is 25.8 Å². The summed E-state index contributed by atoms with van der Waals surface area (Å²) < 4.78 is 0. The van der Waals surface area contributed by atoms with Gasteiger partial charge in [0.25, 0.3) is 0 Å². The van der Waals surface area contributed by atoms with Crippen LogP contribution in [0.3, 0.4) is 0 Å². The molecule has 3 heteroatoms. The van der Waals surface area contributed by atoms with Gasteiger partial charge in [0.15, 0.2) is 0 Å². The Morgan fingerprint density at radius 3 is 2.58 bits per heavy atom. The zero-order valence-electron chi connectivity index (χ0n) is 12.4. The van der Waals surface area contributed by atoms with Crippen molar-refractivity contribution in [1.82, 2.24) is 4.90 Å². The number of aryl methyl sites for hydroxylation is 1. The third-order valence-corrected chi connectivity index (χ3v) is 3.60. The molecule has 19 heavy (non-hydrogen) atoms. The van der Waals surface area contributed by atoms with Gasteiger partial charge < -0.3 is 5.11 Å². The van der Waals surface area contributed by atoms with E-state index in [0.717, 1.165) is 17.7 Å². The van der Waals surface area contributed by atoms with E-state index in [4.69, 9.17) is 5.11 Å². The fourth-order valence-corrected chi connectivity index (χ4v) is 2.24. The molecule has 0 radical (unpaired) electrons. The van der Waals surface area contributed by atoms with Crippen LogP contribution in [0.4, 0.5) is 0 Å². The summed E-state index contributed by atoms with van der Waals surface area (Å²) in [5.74, 6) is -0.856. The first-order chi connectivity index (χ1) is 8.95. The Hall–Kier alpha value is -1.35.